The molecule has 3 aromatic rings. The first-order valence-corrected chi connectivity index (χ1v) is 8.45. The van der Waals surface area contributed by atoms with Crippen LogP contribution in [0, 0.1) is 11.6 Å². The van der Waals surface area contributed by atoms with Crippen molar-refractivity contribution >= 4 is 28.8 Å². The van der Waals surface area contributed by atoms with Crippen LogP contribution in [-0.4, -0.2) is 23.3 Å². The first-order chi connectivity index (χ1) is 12.5. The Labute approximate surface area is 151 Å². The number of rotatable bonds is 5. The molecule has 2 aromatic carbocycles. The minimum Gasteiger partial charge on any atom is -0.342 e. The minimum absolute atomic E-state index is 0.100. The van der Waals surface area contributed by atoms with Gasteiger partial charge in [-0.05, 0) is 12.1 Å². The molecule has 0 saturated carbocycles. The molecule has 26 heavy (non-hydrogen) atoms. The number of nitrogens with zero attached hydrogens (tertiary/aromatic N) is 1. The van der Waals surface area contributed by atoms with Gasteiger partial charge in [0.05, 0.1) is 6.54 Å². The number of nitrogens with one attached hydrogen (secondary N) is 2. The second kappa shape index (κ2) is 7.83. The summed E-state index contributed by atoms with van der Waals surface area (Å²) < 4.78 is 26.0. The average molecular weight is 373 g/mol. The average Bonchev–Trinajstić information content (AvgIpc) is 3.14. The Kier molecular flexibility index (Phi) is 5.33. The van der Waals surface area contributed by atoms with E-state index in [2.05, 4.69) is 15.6 Å². The Morgan fingerprint density at radius 3 is 2.54 bits per heavy atom. The summed E-state index contributed by atoms with van der Waals surface area (Å²) in [5, 5.41) is 7.10. The van der Waals surface area contributed by atoms with E-state index in [-0.39, 0.29) is 17.9 Å². The molecule has 0 saturated heterocycles. The predicted octanol–water partition coefficient (Wildman–Crippen LogP) is 3.46. The summed E-state index contributed by atoms with van der Waals surface area (Å²) in [5.74, 6) is -3.14. The Bertz CT molecular complexity index is 945. The number of halogens is 2. The summed E-state index contributed by atoms with van der Waals surface area (Å²) in [6.07, 6.45) is 0. The zero-order chi connectivity index (χ0) is 18.5. The van der Waals surface area contributed by atoms with Crippen LogP contribution >= 0.6 is 11.3 Å². The third-order valence-corrected chi connectivity index (χ3v) is 4.26. The molecule has 1 heterocycles. The van der Waals surface area contributed by atoms with Gasteiger partial charge in [0, 0.05) is 22.7 Å². The largest absolute Gasteiger partial charge is 0.342 e. The van der Waals surface area contributed by atoms with Crippen molar-refractivity contribution in [1.29, 1.82) is 0 Å². The molecular weight excluding hydrogens is 360 g/mol. The van der Waals surface area contributed by atoms with E-state index in [9.17, 15) is 18.4 Å². The highest BCUT2D eigenvalue weighted by Crippen LogP contribution is 2.23. The molecule has 0 bridgehead atoms. The molecule has 5 nitrogen and oxygen atoms in total. The second-order valence-corrected chi connectivity index (χ2v) is 6.12. The van der Waals surface area contributed by atoms with Crippen LogP contribution in [0.15, 0.2) is 53.9 Å². The van der Waals surface area contributed by atoms with E-state index >= 15 is 0 Å². The van der Waals surface area contributed by atoms with Crippen molar-refractivity contribution in [2.75, 3.05) is 11.9 Å². The maximum absolute atomic E-state index is 13.1. The smallest absolute Gasteiger partial charge is 0.271 e. The summed E-state index contributed by atoms with van der Waals surface area (Å²) in [6.45, 7) is -0.323. The quantitative estimate of drug-likeness (QED) is 0.720. The number of hydrogen-bond donors (Lipinski definition) is 2. The summed E-state index contributed by atoms with van der Waals surface area (Å²) in [7, 11) is 0. The number of carbonyl (C=O) groups excluding carboxylic acids is 2. The second-order valence-electron chi connectivity index (χ2n) is 5.26. The van der Waals surface area contributed by atoms with Gasteiger partial charge >= 0.3 is 0 Å². The molecule has 0 atom stereocenters. The highest BCUT2D eigenvalue weighted by molar-refractivity contribution is 7.13. The van der Waals surface area contributed by atoms with E-state index in [1.165, 1.54) is 17.4 Å². The normalized spacial score (nSPS) is 10.4. The van der Waals surface area contributed by atoms with Crippen LogP contribution in [0.4, 0.5) is 14.5 Å². The van der Waals surface area contributed by atoms with Gasteiger partial charge in [0.15, 0.2) is 11.6 Å². The molecule has 8 heteroatoms. The van der Waals surface area contributed by atoms with Crippen LogP contribution in [0.5, 0.6) is 0 Å². The molecule has 0 aliphatic heterocycles. The highest BCUT2D eigenvalue weighted by Gasteiger charge is 2.13. The molecule has 0 radical (unpaired) electrons. The first-order valence-electron chi connectivity index (χ1n) is 7.57. The van der Waals surface area contributed by atoms with Gasteiger partial charge < -0.3 is 10.6 Å². The number of anilines is 1. The number of benzene rings is 2. The van der Waals surface area contributed by atoms with Crippen molar-refractivity contribution in [2.24, 2.45) is 0 Å². The molecular formula is C18H13F2N3O2S. The van der Waals surface area contributed by atoms with Crippen LogP contribution < -0.4 is 10.6 Å². The third kappa shape index (κ3) is 4.28. The fourth-order valence-electron chi connectivity index (χ4n) is 2.12. The Morgan fingerprint density at radius 1 is 1.04 bits per heavy atom. The molecule has 0 aliphatic rings. The Balaban J connectivity index is 1.56. The van der Waals surface area contributed by atoms with Crippen LogP contribution in [0.1, 0.15) is 10.5 Å². The monoisotopic (exact) mass is 373 g/mol. The Hall–Kier alpha value is -3.13. The summed E-state index contributed by atoms with van der Waals surface area (Å²) in [4.78, 5) is 28.1. The lowest BCUT2D eigenvalue weighted by Gasteiger charge is -2.06. The van der Waals surface area contributed by atoms with E-state index < -0.39 is 23.4 Å². The third-order valence-electron chi connectivity index (χ3n) is 3.37. The van der Waals surface area contributed by atoms with E-state index in [1.807, 2.05) is 30.3 Å². The predicted molar refractivity (Wildman–Crippen MR) is 94.9 cm³/mol. The fraction of sp³-hybridized carbons (Fsp3) is 0.0556. The van der Waals surface area contributed by atoms with E-state index in [0.717, 1.165) is 17.7 Å². The van der Waals surface area contributed by atoms with Crippen LogP contribution in [0.3, 0.4) is 0 Å². The number of aromatic nitrogens is 1. The SMILES string of the molecule is O=C(CNC(=O)c1csc(-c2ccccc2)n1)Nc1ccc(F)c(F)c1. The highest BCUT2D eigenvalue weighted by atomic mass is 32.1. The van der Waals surface area contributed by atoms with Crippen LogP contribution in [-0.2, 0) is 4.79 Å². The van der Waals surface area contributed by atoms with Crippen molar-refractivity contribution in [3.8, 4) is 10.6 Å². The molecule has 2 N–H and O–H groups in total. The van der Waals surface area contributed by atoms with E-state index in [4.69, 9.17) is 0 Å². The minimum atomic E-state index is -1.07. The zero-order valence-corrected chi connectivity index (χ0v) is 14.1. The van der Waals surface area contributed by atoms with Gasteiger partial charge in [-0.1, -0.05) is 30.3 Å². The van der Waals surface area contributed by atoms with Crippen molar-refractivity contribution in [3.63, 3.8) is 0 Å². The van der Waals surface area contributed by atoms with Gasteiger partial charge in [0.2, 0.25) is 5.91 Å². The molecule has 132 valence electrons. The number of thiazole rings is 1. The van der Waals surface area contributed by atoms with Crippen molar-refractivity contribution in [3.05, 3.63) is 71.2 Å². The van der Waals surface area contributed by atoms with Crippen molar-refractivity contribution in [1.82, 2.24) is 10.3 Å². The lowest BCUT2D eigenvalue weighted by molar-refractivity contribution is -0.115. The maximum Gasteiger partial charge on any atom is 0.271 e. The number of amides is 2. The lowest BCUT2D eigenvalue weighted by Crippen LogP contribution is -2.33. The maximum atomic E-state index is 13.1. The summed E-state index contributed by atoms with van der Waals surface area (Å²) in [6, 6.07) is 12.4. The van der Waals surface area contributed by atoms with E-state index in [1.54, 1.807) is 5.38 Å². The van der Waals surface area contributed by atoms with Gasteiger partial charge in [0.1, 0.15) is 10.7 Å². The fourth-order valence-corrected chi connectivity index (χ4v) is 2.93. The zero-order valence-electron chi connectivity index (χ0n) is 13.3. The number of hydrogen-bond acceptors (Lipinski definition) is 4. The molecule has 2 amide bonds. The molecule has 0 aliphatic carbocycles. The molecule has 0 spiro atoms. The molecule has 1 aromatic heterocycles. The van der Waals surface area contributed by atoms with Gasteiger partial charge in [0.25, 0.3) is 5.91 Å². The summed E-state index contributed by atoms with van der Waals surface area (Å²) in [5.41, 5.74) is 1.20. The van der Waals surface area contributed by atoms with Crippen LogP contribution in [0.25, 0.3) is 10.6 Å². The van der Waals surface area contributed by atoms with Crippen molar-refractivity contribution < 1.29 is 18.4 Å². The molecule has 0 fully saturated rings. The topological polar surface area (TPSA) is 71.1 Å². The van der Waals surface area contributed by atoms with Crippen molar-refractivity contribution in [2.45, 2.75) is 0 Å². The first kappa shape index (κ1) is 17.7. The Morgan fingerprint density at radius 2 is 1.81 bits per heavy atom. The van der Waals surface area contributed by atoms with Crippen LogP contribution in [0.2, 0.25) is 0 Å². The number of carbonyl (C=O) groups is 2. The van der Waals surface area contributed by atoms with Gasteiger partial charge in [-0.3, -0.25) is 9.59 Å². The standard InChI is InChI=1S/C18H13F2N3O2S/c19-13-7-6-12(8-14(13)20)22-16(24)9-21-17(25)15-10-26-18(23-15)11-4-2-1-3-5-11/h1-8,10H,9H2,(H,21,25)(H,22,24). The van der Waals surface area contributed by atoms with Gasteiger partial charge in [-0.2, -0.15) is 0 Å². The molecule has 0 unspecified atom stereocenters. The summed E-state index contributed by atoms with van der Waals surface area (Å²) >= 11 is 1.32. The van der Waals surface area contributed by atoms with E-state index in [0.29, 0.717) is 5.01 Å². The van der Waals surface area contributed by atoms with Gasteiger partial charge in [-0.15, -0.1) is 11.3 Å². The lowest BCUT2D eigenvalue weighted by atomic mass is 10.2. The van der Waals surface area contributed by atoms with Gasteiger partial charge in [-0.25, -0.2) is 13.8 Å². The molecule has 3 rings (SSSR count).